The minimum atomic E-state index is -0.174. The molecule has 1 saturated heterocycles. The number of likely N-dealkylation sites (tertiary alicyclic amines) is 1. The van der Waals surface area contributed by atoms with E-state index in [9.17, 15) is 4.79 Å². The van der Waals surface area contributed by atoms with E-state index in [1.54, 1.807) is 31.6 Å². The van der Waals surface area contributed by atoms with Crippen molar-refractivity contribution in [3.8, 4) is 0 Å². The number of pyridine rings is 1. The molecule has 3 heterocycles. The molecule has 0 spiro atoms. The molecule has 1 atom stereocenters. The molecule has 0 aliphatic carbocycles. The van der Waals surface area contributed by atoms with Crippen LogP contribution in [-0.4, -0.2) is 39.6 Å². The fourth-order valence-corrected chi connectivity index (χ4v) is 2.68. The molecule has 7 heteroatoms. The summed E-state index contributed by atoms with van der Waals surface area (Å²) in [6.07, 6.45) is 6.08. The first-order valence-electron chi connectivity index (χ1n) is 7.32. The van der Waals surface area contributed by atoms with Gasteiger partial charge >= 0.3 is 0 Å². The van der Waals surface area contributed by atoms with Crippen LogP contribution in [0.25, 0.3) is 0 Å². The van der Waals surface area contributed by atoms with Gasteiger partial charge in [0.25, 0.3) is 5.91 Å². The predicted molar refractivity (Wildman–Crippen MR) is 76.9 cm³/mol. The van der Waals surface area contributed by atoms with Crippen LogP contribution in [0.5, 0.6) is 0 Å². The largest absolute Gasteiger partial charge is 0.377 e. The van der Waals surface area contributed by atoms with Crippen LogP contribution in [0.3, 0.4) is 0 Å². The summed E-state index contributed by atoms with van der Waals surface area (Å²) in [4.78, 5) is 22.8. The quantitative estimate of drug-likeness (QED) is 0.859. The van der Waals surface area contributed by atoms with E-state index in [4.69, 9.17) is 9.26 Å². The van der Waals surface area contributed by atoms with Crippen LogP contribution in [0.4, 0.5) is 0 Å². The Morgan fingerprint density at radius 2 is 2.23 bits per heavy atom. The van der Waals surface area contributed by atoms with Crippen molar-refractivity contribution in [3.05, 3.63) is 41.8 Å². The van der Waals surface area contributed by atoms with E-state index < -0.39 is 0 Å². The first-order valence-corrected chi connectivity index (χ1v) is 7.32. The topological polar surface area (TPSA) is 81.4 Å². The summed E-state index contributed by atoms with van der Waals surface area (Å²) < 4.78 is 10.3. The molecule has 1 amide bonds. The van der Waals surface area contributed by atoms with Crippen molar-refractivity contribution in [1.82, 2.24) is 20.0 Å². The highest BCUT2D eigenvalue weighted by atomic mass is 16.5. The van der Waals surface area contributed by atoms with Crippen molar-refractivity contribution in [2.24, 2.45) is 0 Å². The van der Waals surface area contributed by atoms with Crippen molar-refractivity contribution in [1.29, 1.82) is 0 Å². The van der Waals surface area contributed by atoms with E-state index >= 15 is 0 Å². The fourth-order valence-electron chi connectivity index (χ4n) is 2.68. The van der Waals surface area contributed by atoms with Crippen LogP contribution < -0.4 is 0 Å². The van der Waals surface area contributed by atoms with Crippen LogP contribution in [0.15, 0.2) is 29.0 Å². The van der Waals surface area contributed by atoms with Gasteiger partial charge in [-0.15, -0.1) is 0 Å². The maximum Gasteiger partial charge on any atom is 0.254 e. The van der Waals surface area contributed by atoms with Crippen LogP contribution in [0, 0.1) is 0 Å². The van der Waals surface area contributed by atoms with Crippen molar-refractivity contribution in [2.75, 3.05) is 13.7 Å². The van der Waals surface area contributed by atoms with Gasteiger partial charge in [-0.2, -0.15) is 4.98 Å². The maximum atomic E-state index is 12.7. The summed E-state index contributed by atoms with van der Waals surface area (Å²) in [6.45, 7) is 0.988. The lowest BCUT2D eigenvalue weighted by molar-refractivity contribution is 0.0561. The molecule has 0 N–H and O–H groups in total. The van der Waals surface area contributed by atoms with Gasteiger partial charge < -0.3 is 14.2 Å². The molecule has 0 unspecified atom stereocenters. The van der Waals surface area contributed by atoms with Gasteiger partial charge in [-0.05, 0) is 31.4 Å². The molecular formula is C15H18N4O3. The summed E-state index contributed by atoms with van der Waals surface area (Å²) >= 11 is 0. The van der Waals surface area contributed by atoms with Crippen LogP contribution in [0.1, 0.15) is 47.4 Å². The average molecular weight is 302 g/mol. The van der Waals surface area contributed by atoms with Gasteiger partial charge in [0.2, 0.25) is 5.89 Å². The number of rotatable bonds is 4. The molecule has 0 aromatic carbocycles. The lowest BCUT2D eigenvalue weighted by Gasteiger charge is -2.33. The van der Waals surface area contributed by atoms with Gasteiger partial charge in [-0.3, -0.25) is 9.78 Å². The Labute approximate surface area is 128 Å². The van der Waals surface area contributed by atoms with E-state index in [1.165, 1.54) is 0 Å². The van der Waals surface area contributed by atoms with Crippen molar-refractivity contribution >= 4 is 5.91 Å². The molecule has 1 aliphatic rings. The predicted octanol–water partition coefficient (Wildman–Crippen LogP) is 1.98. The Balaban J connectivity index is 1.83. The summed E-state index contributed by atoms with van der Waals surface area (Å²) in [5.74, 6) is 0.951. The van der Waals surface area contributed by atoms with Gasteiger partial charge in [0.1, 0.15) is 12.6 Å². The molecule has 0 bridgehead atoms. The zero-order valence-electron chi connectivity index (χ0n) is 12.4. The number of ether oxygens (including phenoxy) is 1. The van der Waals surface area contributed by atoms with Crippen LogP contribution >= 0.6 is 0 Å². The number of hydrogen-bond acceptors (Lipinski definition) is 6. The number of nitrogens with zero attached hydrogens (tertiary/aromatic N) is 4. The van der Waals surface area contributed by atoms with Gasteiger partial charge in [0.15, 0.2) is 5.82 Å². The SMILES string of the molecule is COCc1noc([C@H]2CCCCN2C(=O)c2ccncc2)n1. The fraction of sp³-hybridized carbons (Fsp3) is 0.467. The minimum absolute atomic E-state index is 0.0291. The Hall–Kier alpha value is -2.28. The minimum Gasteiger partial charge on any atom is -0.377 e. The zero-order chi connectivity index (χ0) is 15.4. The third-order valence-electron chi connectivity index (χ3n) is 3.73. The molecule has 22 heavy (non-hydrogen) atoms. The standard InChI is InChI=1S/C15H18N4O3/c1-21-10-13-17-14(22-18-13)12-4-2-3-9-19(12)15(20)11-5-7-16-8-6-11/h5-8,12H,2-4,9-10H2,1H3/t12-/m1/s1. The lowest BCUT2D eigenvalue weighted by Crippen LogP contribution is -2.38. The maximum absolute atomic E-state index is 12.7. The highest BCUT2D eigenvalue weighted by Gasteiger charge is 2.32. The molecule has 1 aliphatic heterocycles. The zero-order valence-corrected chi connectivity index (χ0v) is 12.4. The summed E-state index contributed by atoms with van der Waals surface area (Å²) in [7, 11) is 1.58. The molecule has 1 fully saturated rings. The van der Waals surface area contributed by atoms with Gasteiger partial charge in [-0.1, -0.05) is 5.16 Å². The monoisotopic (exact) mass is 302 g/mol. The van der Waals surface area contributed by atoms with Gasteiger partial charge in [-0.25, -0.2) is 0 Å². The normalized spacial score (nSPS) is 18.4. The lowest BCUT2D eigenvalue weighted by atomic mass is 10.0. The van der Waals surface area contributed by atoms with Crippen molar-refractivity contribution in [2.45, 2.75) is 31.9 Å². The molecule has 0 saturated carbocycles. The van der Waals surface area contributed by atoms with Crippen molar-refractivity contribution in [3.63, 3.8) is 0 Å². The summed E-state index contributed by atoms with van der Waals surface area (Å²) in [6, 6.07) is 3.27. The number of carbonyl (C=O) groups is 1. The molecule has 3 rings (SSSR count). The first-order chi connectivity index (χ1) is 10.8. The number of carbonyl (C=O) groups excluding carboxylic acids is 1. The van der Waals surface area contributed by atoms with E-state index in [2.05, 4.69) is 15.1 Å². The van der Waals surface area contributed by atoms with Crippen LogP contribution in [0.2, 0.25) is 0 Å². The third kappa shape index (κ3) is 2.99. The number of hydrogen-bond donors (Lipinski definition) is 0. The molecule has 2 aromatic rings. The number of methoxy groups -OCH3 is 1. The summed E-state index contributed by atoms with van der Waals surface area (Å²) in [5.41, 5.74) is 0.624. The van der Waals surface area contributed by atoms with E-state index in [-0.39, 0.29) is 11.9 Å². The average Bonchev–Trinajstić information content (AvgIpc) is 3.04. The van der Waals surface area contributed by atoms with E-state index in [0.29, 0.717) is 30.4 Å². The molecule has 116 valence electrons. The van der Waals surface area contributed by atoms with Crippen LogP contribution in [-0.2, 0) is 11.3 Å². The Kier molecular flexibility index (Phi) is 4.43. The second-order valence-electron chi connectivity index (χ2n) is 5.23. The first kappa shape index (κ1) is 14.6. The summed E-state index contributed by atoms with van der Waals surface area (Å²) in [5, 5.41) is 3.89. The number of amides is 1. The van der Waals surface area contributed by atoms with E-state index in [0.717, 1.165) is 19.3 Å². The van der Waals surface area contributed by atoms with Gasteiger partial charge in [0.05, 0.1) is 0 Å². The Morgan fingerprint density at radius 3 is 3.00 bits per heavy atom. The highest BCUT2D eigenvalue weighted by molar-refractivity contribution is 5.94. The second kappa shape index (κ2) is 6.65. The van der Waals surface area contributed by atoms with Gasteiger partial charge in [0, 0.05) is 31.6 Å². The van der Waals surface area contributed by atoms with E-state index in [1.807, 2.05) is 4.90 Å². The molecule has 7 nitrogen and oxygen atoms in total. The molecular weight excluding hydrogens is 284 g/mol. The second-order valence-corrected chi connectivity index (χ2v) is 5.23. The highest BCUT2D eigenvalue weighted by Crippen LogP contribution is 2.31. The molecule has 0 radical (unpaired) electrons. The number of aromatic nitrogens is 3. The molecule has 2 aromatic heterocycles. The number of piperidine rings is 1. The Bertz CT molecular complexity index is 629. The Morgan fingerprint density at radius 1 is 1.41 bits per heavy atom. The smallest absolute Gasteiger partial charge is 0.254 e. The van der Waals surface area contributed by atoms with Crippen molar-refractivity contribution < 1.29 is 14.1 Å². The third-order valence-corrected chi connectivity index (χ3v) is 3.73.